The van der Waals surface area contributed by atoms with Crippen LogP contribution in [-0.4, -0.2) is 26.2 Å². The molecule has 0 heterocycles. The van der Waals surface area contributed by atoms with Gasteiger partial charge in [0.1, 0.15) is 0 Å². The molecular weight excluding hydrogens is 160 g/mol. The number of ether oxygens (including phenoxy) is 3. The molecule has 12 heavy (non-hydrogen) atoms. The van der Waals surface area contributed by atoms with Crippen LogP contribution in [0.4, 0.5) is 4.79 Å². The van der Waals surface area contributed by atoms with E-state index in [-0.39, 0.29) is 6.79 Å². The number of carbonyl (C=O) groups is 1. The summed E-state index contributed by atoms with van der Waals surface area (Å²) < 4.78 is 14.0. The van der Waals surface area contributed by atoms with E-state index in [9.17, 15) is 4.79 Å². The van der Waals surface area contributed by atoms with Crippen molar-refractivity contribution in [1.82, 2.24) is 0 Å². The van der Waals surface area contributed by atoms with Gasteiger partial charge in [-0.25, -0.2) is 4.79 Å². The average Bonchev–Trinajstić information content (AvgIpc) is 2.05. The molecule has 0 unspecified atom stereocenters. The van der Waals surface area contributed by atoms with Crippen molar-refractivity contribution >= 4 is 6.16 Å². The molecule has 0 spiro atoms. The Labute approximate surface area is 72.8 Å². The van der Waals surface area contributed by atoms with E-state index in [2.05, 4.69) is 16.4 Å². The predicted molar refractivity (Wildman–Crippen MR) is 43.8 cm³/mol. The lowest BCUT2D eigenvalue weighted by Crippen LogP contribution is -2.10. The van der Waals surface area contributed by atoms with Crippen molar-refractivity contribution in [2.75, 3.05) is 20.0 Å². The largest absolute Gasteiger partial charge is 0.510 e. The summed E-state index contributed by atoms with van der Waals surface area (Å²) in [6, 6.07) is 0. The van der Waals surface area contributed by atoms with Gasteiger partial charge < -0.3 is 14.2 Å². The maximum atomic E-state index is 10.6. The molecule has 0 aromatic heterocycles. The summed E-state index contributed by atoms with van der Waals surface area (Å²) in [5.41, 5.74) is 0. The Bertz CT molecular complexity index is 114. The SMILES string of the molecule is CCCCOCOC(=O)OCC. The minimum Gasteiger partial charge on any atom is -0.435 e. The molecule has 0 saturated heterocycles. The number of carbonyl (C=O) groups excluding carboxylic acids is 1. The van der Waals surface area contributed by atoms with Gasteiger partial charge in [-0.05, 0) is 13.3 Å². The monoisotopic (exact) mass is 176 g/mol. The van der Waals surface area contributed by atoms with Crippen molar-refractivity contribution in [3.8, 4) is 0 Å². The van der Waals surface area contributed by atoms with Gasteiger partial charge in [0.25, 0.3) is 0 Å². The van der Waals surface area contributed by atoms with E-state index in [0.29, 0.717) is 13.2 Å². The zero-order valence-electron chi connectivity index (χ0n) is 7.67. The van der Waals surface area contributed by atoms with Crippen molar-refractivity contribution in [3.63, 3.8) is 0 Å². The van der Waals surface area contributed by atoms with Crippen LogP contribution >= 0.6 is 0 Å². The highest BCUT2D eigenvalue weighted by Crippen LogP contribution is 1.90. The van der Waals surface area contributed by atoms with Crippen LogP contribution in [0.15, 0.2) is 0 Å². The Morgan fingerprint density at radius 3 is 2.58 bits per heavy atom. The first-order valence-corrected chi connectivity index (χ1v) is 4.18. The van der Waals surface area contributed by atoms with Crippen LogP contribution in [0.1, 0.15) is 26.7 Å². The lowest BCUT2D eigenvalue weighted by molar-refractivity contribution is -0.0441. The standard InChI is InChI=1S/C8H16O4/c1-3-5-6-10-7-12-8(9)11-4-2/h3-7H2,1-2H3. The number of unbranched alkanes of at least 4 members (excludes halogenated alkanes) is 1. The number of rotatable bonds is 6. The highest BCUT2D eigenvalue weighted by molar-refractivity contribution is 5.59. The lowest BCUT2D eigenvalue weighted by atomic mass is 10.4. The molecule has 0 atom stereocenters. The minimum atomic E-state index is -0.672. The molecule has 0 aromatic carbocycles. The second-order valence-corrected chi connectivity index (χ2v) is 2.21. The second kappa shape index (κ2) is 8.33. The van der Waals surface area contributed by atoms with E-state index >= 15 is 0 Å². The van der Waals surface area contributed by atoms with E-state index in [4.69, 9.17) is 4.74 Å². The van der Waals surface area contributed by atoms with E-state index in [1.54, 1.807) is 6.92 Å². The maximum absolute atomic E-state index is 10.6. The Hall–Kier alpha value is -0.770. The molecule has 0 aliphatic carbocycles. The van der Waals surface area contributed by atoms with E-state index in [1.165, 1.54) is 0 Å². The molecule has 0 radical (unpaired) electrons. The lowest BCUT2D eigenvalue weighted by Gasteiger charge is -2.04. The van der Waals surface area contributed by atoms with Crippen LogP contribution in [0.2, 0.25) is 0 Å². The average molecular weight is 176 g/mol. The fourth-order valence-corrected chi connectivity index (χ4v) is 0.555. The summed E-state index contributed by atoms with van der Waals surface area (Å²) >= 11 is 0. The summed E-state index contributed by atoms with van der Waals surface area (Å²) in [6.07, 6.45) is 1.37. The molecule has 0 aliphatic rings. The van der Waals surface area contributed by atoms with Gasteiger partial charge in [0.15, 0.2) is 6.79 Å². The van der Waals surface area contributed by atoms with E-state index in [0.717, 1.165) is 12.8 Å². The van der Waals surface area contributed by atoms with Crippen LogP contribution in [0.5, 0.6) is 0 Å². The van der Waals surface area contributed by atoms with Gasteiger partial charge in [0.2, 0.25) is 0 Å². The molecular formula is C8H16O4. The van der Waals surface area contributed by atoms with Gasteiger partial charge in [-0.1, -0.05) is 13.3 Å². The highest BCUT2D eigenvalue weighted by atomic mass is 16.8. The van der Waals surface area contributed by atoms with E-state index in [1.807, 2.05) is 0 Å². The summed E-state index contributed by atoms with van der Waals surface area (Å²) in [7, 11) is 0. The molecule has 0 amide bonds. The van der Waals surface area contributed by atoms with Crippen molar-refractivity contribution in [3.05, 3.63) is 0 Å². The van der Waals surface area contributed by atoms with Crippen LogP contribution in [0.25, 0.3) is 0 Å². The molecule has 0 bridgehead atoms. The quantitative estimate of drug-likeness (QED) is 0.352. The first kappa shape index (κ1) is 11.2. The summed E-state index contributed by atoms with van der Waals surface area (Å²) in [5.74, 6) is 0. The summed E-state index contributed by atoms with van der Waals surface area (Å²) in [5, 5.41) is 0. The van der Waals surface area contributed by atoms with Crippen LogP contribution in [0, 0.1) is 0 Å². The zero-order valence-corrected chi connectivity index (χ0v) is 7.67. The van der Waals surface area contributed by atoms with Crippen molar-refractivity contribution in [2.24, 2.45) is 0 Å². The topological polar surface area (TPSA) is 44.8 Å². The number of hydrogen-bond donors (Lipinski definition) is 0. The van der Waals surface area contributed by atoms with Gasteiger partial charge in [0, 0.05) is 0 Å². The van der Waals surface area contributed by atoms with Crippen LogP contribution < -0.4 is 0 Å². The summed E-state index contributed by atoms with van der Waals surface area (Å²) in [6.45, 7) is 4.72. The van der Waals surface area contributed by atoms with Gasteiger partial charge in [0.05, 0.1) is 13.2 Å². The molecule has 4 nitrogen and oxygen atoms in total. The first-order valence-electron chi connectivity index (χ1n) is 4.18. The first-order chi connectivity index (χ1) is 5.81. The normalized spacial score (nSPS) is 9.50. The Morgan fingerprint density at radius 2 is 2.00 bits per heavy atom. The molecule has 0 aliphatic heterocycles. The van der Waals surface area contributed by atoms with Gasteiger partial charge in [-0.3, -0.25) is 0 Å². The Balaban J connectivity index is 3.03. The number of hydrogen-bond acceptors (Lipinski definition) is 4. The van der Waals surface area contributed by atoms with Crippen molar-refractivity contribution in [2.45, 2.75) is 26.7 Å². The van der Waals surface area contributed by atoms with Crippen LogP contribution in [0.3, 0.4) is 0 Å². The van der Waals surface area contributed by atoms with Crippen molar-refractivity contribution < 1.29 is 19.0 Å². The molecule has 0 rings (SSSR count). The fraction of sp³-hybridized carbons (Fsp3) is 0.875. The molecule has 0 aromatic rings. The third-order valence-corrected chi connectivity index (χ3v) is 1.16. The molecule has 0 N–H and O–H groups in total. The molecule has 0 saturated carbocycles. The molecule has 0 fully saturated rings. The Kier molecular flexibility index (Phi) is 7.79. The molecule has 72 valence electrons. The van der Waals surface area contributed by atoms with Crippen molar-refractivity contribution in [1.29, 1.82) is 0 Å². The molecule has 4 heteroatoms. The third-order valence-electron chi connectivity index (χ3n) is 1.16. The maximum Gasteiger partial charge on any atom is 0.510 e. The fourth-order valence-electron chi connectivity index (χ4n) is 0.555. The van der Waals surface area contributed by atoms with Gasteiger partial charge in [-0.15, -0.1) is 0 Å². The van der Waals surface area contributed by atoms with Gasteiger partial charge in [-0.2, -0.15) is 0 Å². The Morgan fingerprint density at radius 1 is 1.25 bits per heavy atom. The van der Waals surface area contributed by atoms with E-state index < -0.39 is 6.16 Å². The summed E-state index contributed by atoms with van der Waals surface area (Å²) in [4.78, 5) is 10.6. The smallest absolute Gasteiger partial charge is 0.435 e. The minimum absolute atomic E-state index is 0.0150. The predicted octanol–water partition coefficient (Wildman–Crippen LogP) is 1.93. The van der Waals surface area contributed by atoms with Gasteiger partial charge >= 0.3 is 6.16 Å². The highest BCUT2D eigenvalue weighted by Gasteiger charge is 1.99. The third kappa shape index (κ3) is 7.34. The zero-order chi connectivity index (χ0) is 9.23. The second-order valence-electron chi connectivity index (χ2n) is 2.21. The van der Waals surface area contributed by atoms with Crippen LogP contribution in [-0.2, 0) is 14.2 Å².